The number of nitrogens with one attached hydrogen (secondary N) is 1. The van der Waals surface area contributed by atoms with Crippen LogP contribution >= 0.6 is 0 Å². The van der Waals surface area contributed by atoms with Gasteiger partial charge >= 0.3 is 0 Å². The first-order valence-electron chi connectivity index (χ1n) is 5.76. The average Bonchev–Trinajstić information content (AvgIpc) is 2.69. The normalized spacial score (nSPS) is 28.5. The summed E-state index contributed by atoms with van der Waals surface area (Å²) in [5.41, 5.74) is -0.0335. The molecule has 4 heteroatoms. The molecule has 1 saturated heterocycles. The Morgan fingerprint density at radius 1 is 1.47 bits per heavy atom. The Balaban J connectivity index is 1.74. The summed E-state index contributed by atoms with van der Waals surface area (Å²) < 4.78 is 5.29. The standard InChI is InChI=1S/C11H19NO3/c13-8-11(4-2-5-11)7-12-10(14)9-3-1-6-15-9/h9,13H,1-8H2,(H,12,14). The largest absolute Gasteiger partial charge is 0.396 e. The van der Waals surface area contributed by atoms with E-state index in [9.17, 15) is 9.90 Å². The van der Waals surface area contributed by atoms with E-state index in [1.54, 1.807) is 0 Å². The molecule has 2 N–H and O–H groups in total. The van der Waals surface area contributed by atoms with E-state index in [1.165, 1.54) is 0 Å². The molecular formula is C11H19NO3. The Bertz CT molecular complexity index is 226. The summed E-state index contributed by atoms with van der Waals surface area (Å²) in [7, 11) is 0. The fourth-order valence-electron chi connectivity index (χ4n) is 2.24. The Hall–Kier alpha value is -0.610. The molecule has 0 radical (unpaired) electrons. The lowest BCUT2D eigenvalue weighted by atomic mass is 9.69. The van der Waals surface area contributed by atoms with E-state index in [0.717, 1.165) is 32.1 Å². The second-order valence-electron chi connectivity index (χ2n) is 4.73. The van der Waals surface area contributed by atoms with Gasteiger partial charge in [0.25, 0.3) is 0 Å². The average molecular weight is 213 g/mol. The molecule has 0 bridgehead atoms. The van der Waals surface area contributed by atoms with E-state index in [2.05, 4.69) is 5.32 Å². The minimum atomic E-state index is -0.249. The summed E-state index contributed by atoms with van der Waals surface area (Å²) in [6, 6.07) is 0. The molecule has 2 rings (SSSR count). The maximum atomic E-state index is 11.6. The molecule has 1 unspecified atom stereocenters. The first kappa shape index (κ1) is 10.9. The summed E-state index contributed by atoms with van der Waals surface area (Å²) >= 11 is 0. The molecule has 1 aliphatic carbocycles. The zero-order chi connectivity index (χ0) is 10.7. The molecule has 1 amide bonds. The summed E-state index contributed by atoms with van der Waals surface area (Å²) in [6.07, 6.45) is 4.77. The number of aliphatic hydroxyl groups is 1. The molecule has 4 nitrogen and oxygen atoms in total. The van der Waals surface area contributed by atoms with Crippen molar-refractivity contribution in [1.82, 2.24) is 5.32 Å². The highest BCUT2D eigenvalue weighted by Crippen LogP contribution is 2.39. The van der Waals surface area contributed by atoms with Gasteiger partial charge in [0.2, 0.25) is 5.91 Å². The number of carbonyl (C=O) groups excluding carboxylic acids is 1. The summed E-state index contributed by atoms with van der Waals surface area (Å²) in [4.78, 5) is 11.6. The Morgan fingerprint density at radius 2 is 2.27 bits per heavy atom. The van der Waals surface area contributed by atoms with E-state index in [0.29, 0.717) is 13.2 Å². The highest BCUT2D eigenvalue weighted by atomic mass is 16.5. The van der Waals surface area contributed by atoms with Crippen molar-refractivity contribution in [3.05, 3.63) is 0 Å². The maximum absolute atomic E-state index is 11.6. The van der Waals surface area contributed by atoms with Crippen molar-refractivity contribution in [2.75, 3.05) is 19.8 Å². The van der Waals surface area contributed by atoms with Crippen molar-refractivity contribution in [2.45, 2.75) is 38.2 Å². The van der Waals surface area contributed by atoms with Gasteiger partial charge in [-0.15, -0.1) is 0 Å². The van der Waals surface area contributed by atoms with Crippen LogP contribution in [0.2, 0.25) is 0 Å². The third-order valence-corrected chi connectivity index (χ3v) is 3.61. The third kappa shape index (κ3) is 2.32. The fourth-order valence-corrected chi connectivity index (χ4v) is 2.24. The van der Waals surface area contributed by atoms with Crippen molar-refractivity contribution in [3.63, 3.8) is 0 Å². The van der Waals surface area contributed by atoms with Crippen molar-refractivity contribution in [1.29, 1.82) is 0 Å². The van der Waals surface area contributed by atoms with Gasteiger partial charge < -0.3 is 15.2 Å². The SMILES string of the molecule is O=C(NCC1(CO)CCC1)C1CCCO1. The Kier molecular flexibility index (Phi) is 3.26. The number of hydrogen-bond donors (Lipinski definition) is 2. The number of hydrogen-bond acceptors (Lipinski definition) is 3. The lowest BCUT2D eigenvalue weighted by Gasteiger charge is -2.40. The first-order chi connectivity index (χ1) is 7.26. The predicted octanol–water partition coefficient (Wildman–Crippen LogP) is 0.444. The second kappa shape index (κ2) is 4.49. The molecule has 0 aromatic rings. The highest BCUT2D eigenvalue weighted by Gasteiger charge is 2.37. The van der Waals surface area contributed by atoms with Crippen LogP contribution in [0.15, 0.2) is 0 Å². The lowest BCUT2D eigenvalue weighted by molar-refractivity contribution is -0.131. The Morgan fingerprint density at radius 3 is 2.73 bits per heavy atom. The zero-order valence-electron chi connectivity index (χ0n) is 9.00. The van der Waals surface area contributed by atoms with Crippen LogP contribution in [0.1, 0.15) is 32.1 Å². The van der Waals surface area contributed by atoms with Crippen LogP contribution in [-0.4, -0.2) is 36.9 Å². The van der Waals surface area contributed by atoms with Gasteiger partial charge in [0.1, 0.15) is 6.10 Å². The molecular weight excluding hydrogens is 194 g/mol. The summed E-state index contributed by atoms with van der Waals surface area (Å²) in [6.45, 7) is 1.48. The number of ether oxygens (including phenoxy) is 1. The predicted molar refractivity (Wildman–Crippen MR) is 55.4 cm³/mol. The smallest absolute Gasteiger partial charge is 0.249 e. The summed E-state index contributed by atoms with van der Waals surface area (Å²) in [5, 5.41) is 12.1. The molecule has 0 aromatic heterocycles. The molecule has 15 heavy (non-hydrogen) atoms. The Labute approximate surface area is 90.0 Å². The first-order valence-corrected chi connectivity index (χ1v) is 5.76. The number of aliphatic hydroxyl groups excluding tert-OH is 1. The molecule has 1 aliphatic heterocycles. The van der Waals surface area contributed by atoms with Gasteiger partial charge in [-0.1, -0.05) is 6.42 Å². The lowest BCUT2D eigenvalue weighted by Crippen LogP contribution is -2.47. The van der Waals surface area contributed by atoms with Crippen molar-refractivity contribution >= 4 is 5.91 Å². The van der Waals surface area contributed by atoms with E-state index >= 15 is 0 Å². The monoisotopic (exact) mass is 213 g/mol. The van der Waals surface area contributed by atoms with Gasteiger partial charge in [-0.3, -0.25) is 4.79 Å². The quantitative estimate of drug-likeness (QED) is 0.712. The minimum Gasteiger partial charge on any atom is -0.396 e. The van der Waals surface area contributed by atoms with Crippen LogP contribution in [0, 0.1) is 5.41 Å². The van der Waals surface area contributed by atoms with Crippen LogP contribution in [0.25, 0.3) is 0 Å². The van der Waals surface area contributed by atoms with Crippen LogP contribution < -0.4 is 5.32 Å². The van der Waals surface area contributed by atoms with Gasteiger partial charge in [0.05, 0.1) is 6.61 Å². The van der Waals surface area contributed by atoms with Gasteiger partial charge in [0, 0.05) is 18.6 Å². The zero-order valence-corrected chi connectivity index (χ0v) is 9.00. The van der Waals surface area contributed by atoms with E-state index in [1.807, 2.05) is 0 Å². The number of rotatable bonds is 4. The molecule has 1 atom stereocenters. The van der Waals surface area contributed by atoms with Crippen LogP contribution in [-0.2, 0) is 9.53 Å². The summed E-state index contributed by atoms with van der Waals surface area (Å²) in [5.74, 6) is -0.00720. The van der Waals surface area contributed by atoms with Gasteiger partial charge in [0.15, 0.2) is 0 Å². The number of amides is 1. The molecule has 1 saturated carbocycles. The van der Waals surface area contributed by atoms with Crippen molar-refractivity contribution < 1.29 is 14.6 Å². The third-order valence-electron chi connectivity index (χ3n) is 3.61. The maximum Gasteiger partial charge on any atom is 0.249 e. The van der Waals surface area contributed by atoms with E-state index < -0.39 is 0 Å². The van der Waals surface area contributed by atoms with Crippen LogP contribution in [0.3, 0.4) is 0 Å². The topological polar surface area (TPSA) is 58.6 Å². The van der Waals surface area contributed by atoms with Crippen LogP contribution in [0.5, 0.6) is 0 Å². The van der Waals surface area contributed by atoms with Gasteiger partial charge in [-0.05, 0) is 25.7 Å². The number of carbonyl (C=O) groups is 1. The van der Waals surface area contributed by atoms with Gasteiger partial charge in [-0.2, -0.15) is 0 Å². The molecule has 1 heterocycles. The van der Waals surface area contributed by atoms with Gasteiger partial charge in [-0.25, -0.2) is 0 Å². The van der Waals surface area contributed by atoms with E-state index in [-0.39, 0.29) is 24.0 Å². The van der Waals surface area contributed by atoms with Crippen molar-refractivity contribution in [3.8, 4) is 0 Å². The molecule has 0 spiro atoms. The highest BCUT2D eigenvalue weighted by molar-refractivity contribution is 5.81. The van der Waals surface area contributed by atoms with E-state index in [4.69, 9.17) is 4.74 Å². The molecule has 0 aromatic carbocycles. The fraction of sp³-hybridized carbons (Fsp3) is 0.909. The molecule has 2 fully saturated rings. The van der Waals surface area contributed by atoms with Crippen LogP contribution in [0.4, 0.5) is 0 Å². The minimum absolute atomic E-state index is 0.00720. The second-order valence-corrected chi connectivity index (χ2v) is 4.73. The van der Waals surface area contributed by atoms with Crippen molar-refractivity contribution in [2.24, 2.45) is 5.41 Å². The molecule has 86 valence electrons. The molecule has 2 aliphatic rings.